The lowest BCUT2D eigenvalue weighted by Crippen LogP contribution is -2.36. The quantitative estimate of drug-likeness (QED) is 0.623. The van der Waals surface area contributed by atoms with Crippen LogP contribution in [0.25, 0.3) is 0 Å². The highest BCUT2D eigenvalue weighted by Gasteiger charge is 2.25. The molecule has 1 heterocycles. The van der Waals surface area contributed by atoms with Gasteiger partial charge in [0.15, 0.2) is 0 Å². The van der Waals surface area contributed by atoms with Crippen molar-refractivity contribution in [2.75, 3.05) is 11.4 Å². The molecule has 0 saturated heterocycles. The van der Waals surface area contributed by atoms with Crippen molar-refractivity contribution in [3.05, 3.63) is 17.5 Å². The molecule has 1 aliphatic rings. The molecule has 0 bridgehead atoms. The van der Waals surface area contributed by atoms with E-state index < -0.39 is 0 Å². The second-order valence-electron chi connectivity index (χ2n) is 6.42. The summed E-state index contributed by atoms with van der Waals surface area (Å²) in [5.74, 6) is 1.41. The number of rotatable bonds is 6. The third-order valence-electron chi connectivity index (χ3n) is 4.09. The maximum absolute atomic E-state index is 7.62. The van der Waals surface area contributed by atoms with Crippen molar-refractivity contribution in [1.82, 2.24) is 9.97 Å². The molecule has 5 heteroatoms. The maximum Gasteiger partial charge on any atom is 0.226 e. The highest BCUT2D eigenvalue weighted by Crippen LogP contribution is 2.27. The minimum Gasteiger partial charge on any atom is -0.382 e. The van der Waals surface area contributed by atoms with Crippen molar-refractivity contribution in [3.63, 3.8) is 0 Å². The fourth-order valence-corrected chi connectivity index (χ4v) is 2.88. The summed E-state index contributed by atoms with van der Waals surface area (Å²) < 4.78 is 0. The molecule has 0 radical (unpaired) electrons. The maximum atomic E-state index is 7.62. The van der Waals surface area contributed by atoms with Crippen molar-refractivity contribution >= 4 is 11.8 Å². The van der Waals surface area contributed by atoms with Crippen LogP contribution in [0.1, 0.15) is 57.3 Å². The SMILES string of the molecule is Cc1cc(C(=N)N)nc(N(CCC(C)C)C2CCCC2)n1. The zero-order valence-electron chi connectivity index (χ0n) is 13.4. The second kappa shape index (κ2) is 6.87. The van der Waals surface area contributed by atoms with Gasteiger partial charge in [0.2, 0.25) is 5.95 Å². The van der Waals surface area contributed by atoms with Gasteiger partial charge in [-0.1, -0.05) is 26.7 Å². The lowest BCUT2D eigenvalue weighted by molar-refractivity contribution is 0.520. The van der Waals surface area contributed by atoms with Gasteiger partial charge >= 0.3 is 0 Å². The molecule has 0 aliphatic heterocycles. The van der Waals surface area contributed by atoms with E-state index in [1.165, 1.54) is 25.7 Å². The molecule has 1 aromatic heterocycles. The number of nitrogens with zero attached hydrogens (tertiary/aromatic N) is 3. The molecule has 3 N–H and O–H groups in total. The van der Waals surface area contributed by atoms with Gasteiger partial charge in [-0.15, -0.1) is 0 Å². The van der Waals surface area contributed by atoms with Crippen LogP contribution in [-0.4, -0.2) is 28.4 Å². The van der Waals surface area contributed by atoms with E-state index in [1.807, 2.05) is 6.92 Å². The number of hydrogen-bond donors (Lipinski definition) is 2. The van der Waals surface area contributed by atoms with Crippen molar-refractivity contribution in [2.45, 2.75) is 58.9 Å². The molecule has 1 aromatic rings. The van der Waals surface area contributed by atoms with Gasteiger partial charge in [-0.3, -0.25) is 5.41 Å². The van der Waals surface area contributed by atoms with Crippen LogP contribution in [0.3, 0.4) is 0 Å². The Balaban J connectivity index is 2.28. The van der Waals surface area contributed by atoms with E-state index in [9.17, 15) is 0 Å². The molecule has 0 atom stereocenters. The number of aryl methyl sites for hydroxylation is 1. The van der Waals surface area contributed by atoms with Gasteiger partial charge in [0, 0.05) is 18.3 Å². The first kappa shape index (κ1) is 15.7. The summed E-state index contributed by atoms with van der Waals surface area (Å²) in [6, 6.07) is 2.31. The zero-order valence-corrected chi connectivity index (χ0v) is 13.4. The van der Waals surface area contributed by atoms with Crippen LogP contribution in [0.5, 0.6) is 0 Å². The number of amidine groups is 1. The van der Waals surface area contributed by atoms with Crippen LogP contribution in [0.4, 0.5) is 5.95 Å². The number of anilines is 1. The van der Waals surface area contributed by atoms with Gasteiger partial charge in [0.25, 0.3) is 0 Å². The Labute approximate surface area is 127 Å². The number of aromatic nitrogens is 2. The monoisotopic (exact) mass is 289 g/mol. The van der Waals surface area contributed by atoms with Crippen LogP contribution in [-0.2, 0) is 0 Å². The topological polar surface area (TPSA) is 78.9 Å². The Kier molecular flexibility index (Phi) is 5.15. The van der Waals surface area contributed by atoms with Crippen molar-refractivity contribution in [3.8, 4) is 0 Å². The first-order valence-electron chi connectivity index (χ1n) is 7.94. The van der Waals surface area contributed by atoms with Gasteiger partial charge in [-0.05, 0) is 38.2 Å². The molecule has 0 amide bonds. The number of nitrogen functional groups attached to an aromatic ring is 1. The molecular formula is C16H27N5. The smallest absolute Gasteiger partial charge is 0.226 e. The van der Waals surface area contributed by atoms with Gasteiger partial charge in [-0.25, -0.2) is 9.97 Å². The highest BCUT2D eigenvalue weighted by molar-refractivity contribution is 5.93. The van der Waals surface area contributed by atoms with E-state index in [-0.39, 0.29) is 5.84 Å². The van der Waals surface area contributed by atoms with Crippen LogP contribution in [0, 0.1) is 18.3 Å². The minimum absolute atomic E-state index is 0.0111. The molecular weight excluding hydrogens is 262 g/mol. The molecule has 21 heavy (non-hydrogen) atoms. The van der Waals surface area contributed by atoms with Gasteiger partial charge in [-0.2, -0.15) is 0 Å². The number of nitrogens with one attached hydrogen (secondary N) is 1. The Morgan fingerprint density at radius 2 is 2.05 bits per heavy atom. The summed E-state index contributed by atoms with van der Waals surface area (Å²) in [7, 11) is 0. The van der Waals surface area contributed by atoms with Crippen molar-refractivity contribution in [1.29, 1.82) is 5.41 Å². The Bertz CT molecular complexity index is 491. The number of hydrogen-bond acceptors (Lipinski definition) is 4. The van der Waals surface area contributed by atoms with E-state index in [0.717, 1.165) is 24.6 Å². The Morgan fingerprint density at radius 1 is 1.38 bits per heavy atom. The predicted octanol–water partition coefficient (Wildman–Crippen LogP) is 2.86. The van der Waals surface area contributed by atoms with E-state index >= 15 is 0 Å². The summed E-state index contributed by atoms with van der Waals surface area (Å²) in [5.41, 5.74) is 7.01. The van der Waals surface area contributed by atoms with Crippen LogP contribution < -0.4 is 10.6 Å². The molecule has 5 nitrogen and oxygen atoms in total. The van der Waals surface area contributed by atoms with E-state index in [4.69, 9.17) is 11.1 Å². The van der Waals surface area contributed by atoms with E-state index in [0.29, 0.717) is 17.7 Å². The zero-order chi connectivity index (χ0) is 15.4. The molecule has 0 spiro atoms. The molecule has 0 unspecified atom stereocenters. The third-order valence-corrected chi connectivity index (χ3v) is 4.09. The first-order chi connectivity index (χ1) is 9.97. The van der Waals surface area contributed by atoms with Crippen molar-refractivity contribution < 1.29 is 0 Å². The van der Waals surface area contributed by atoms with Gasteiger partial charge < -0.3 is 10.6 Å². The summed E-state index contributed by atoms with van der Waals surface area (Å²) in [6.45, 7) is 7.39. The molecule has 1 saturated carbocycles. The molecule has 2 rings (SSSR count). The van der Waals surface area contributed by atoms with Crippen LogP contribution in [0.2, 0.25) is 0 Å². The van der Waals surface area contributed by atoms with E-state index in [1.54, 1.807) is 6.07 Å². The fraction of sp³-hybridized carbons (Fsp3) is 0.688. The number of nitrogens with two attached hydrogens (primary N) is 1. The largest absolute Gasteiger partial charge is 0.382 e. The third kappa shape index (κ3) is 4.16. The highest BCUT2D eigenvalue weighted by atomic mass is 15.3. The van der Waals surface area contributed by atoms with Gasteiger partial charge in [0.1, 0.15) is 11.5 Å². The first-order valence-corrected chi connectivity index (χ1v) is 7.94. The normalized spacial score (nSPS) is 15.6. The van der Waals surface area contributed by atoms with Gasteiger partial charge in [0.05, 0.1) is 0 Å². The predicted molar refractivity (Wildman–Crippen MR) is 86.8 cm³/mol. The summed E-state index contributed by atoms with van der Waals surface area (Å²) in [5, 5.41) is 7.62. The molecule has 1 aliphatic carbocycles. The van der Waals surface area contributed by atoms with Crippen molar-refractivity contribution in [2.24, 2.45) is 11.7 Å². The lowest BCUT2D eigenvalue weighted by atomic mass is 10.1. The summed E-state index contributed by atoms with van der Waals surface area (Å²) >= 11 is 0. The average molecular weight is 289 g/mol. The average Bonchev–Trinajstić information content (AvgIpc) is 2.92. The van der Waals surface area contributed by atoms with E-state index in [2.05, 4.69) is 28.7 Å². The lowest BCUT2D eigenvalue weighted by Gasteiger charge is -2.30. The standard InChI is InChI=1S/C16H27N5/c1-11(2)8-9-21(13-6-4-5-7-13)16-19-12(3)10-14(20-16)15(17)18/h10-11,13H,4-9H2,1-3H3,(H3,17,18). The van der Waals surface area contributed by atoms with Crippen LogP contribution in [0.15, 0.2) is 6.07 Å². The molecule has 0 aromatic carbocycles. The minimum atomic E-state index is 0.0111. The Morgan fingerprint density at radius 3 is 2.62 bits per heavy atom. The molecule has 116 valence electrons. The second-order valence-corrected chi connectivity index (χ2v) is 6.42. The summed E-state index contributed by atoms with van der Waals surface area (Å²) in [4.78, 5) is 11.5. The molecule has 1 fully saturated rings. The van der Waals surface area contributed by atoms with Crippen LogP contribution >= 0.6 is 0 Å². The Hall–Kier alpha value is -1.65. The summed E-state index contributed by atoms with van der Waals surface area (Å²) in [6.07, 6.45) is 6.13. The fourth-order valence-electron chi connectivity index (χ4n) is 2.88.